The third-order valence-electron chi connectivity index (χ3n) is 4.10. The molecule has 0 fully saturated rings. The second-order valence-electron chi connectivity index (χ2n) is 8.05. The van der Waals surface area contributed by atoms with Gasteiger partial charge in [0.1, 0.15) is 11.7 Å². The van der Waals surface area contributed by atoms with E-state index in [9.17, 15) is 9.90 Å². The molecule has 2 aromatic rings. The highest BCUT2D eigenvalue weighted by Crippen LogP contribution is 2.30. The summed E-state index contributed by atoms with van der Waals surface area (Å²) in [5.41, 5.74) is 7.34. The van der Waals surface area contributed by atoms with Crippen molar-refractivity contribution in [1.82, 2.24) is 5.32 Å². The third-order valence-corrected chi connectivity index (χ3v) is 4.34. The first-order valence-corrected chi connectivity index (χ1v) is 9.11. The number of halogens is 1. The summed E-state index contributed by atoms with van der Waals surface area (Å²) in [6.45, 7) is 9.22. The minimum Gasteiger partial charge on any atom is -0.444 e. The van der Waals surface area contributed by atoms with Gasteiger partial charge in [-0.3, -0.25) is 0 Å². The molecule has 0 aliphatic rings. The summed E-state index contributed by atoms with van der Waals surface area (Å²) in [4.78, 5) is 12.1. The van der Waals surface area contributed by atoms with Crippen LogP contribution in [0.3, 0.4) is 0 Å². The standard InChI is InChI=1S/C21H27ClN2O3/c1-20(2,3)27-19(26)24-21(4,5)14-8-6-13(7-9-14)18(25)16-12-15(22)10-11-17(16)23/h6-12,18,25H,23H2,1-5H3,(H,24,26). The van der Waals surface area contributed by atoms with Crippen molar-refractivity contribution in [3.8, 4) is 0 Å². The molecular weight excluding hydrogens is 364 g/mol. The van der Waals surface area contributed by atoms with E-state index in [1.807, 2.05) is 46.8 Å². The number of hydrogen-bond acceptors (Lipinski definition) is 4. The van der Waals surface area contributed by atoms with Crippen LogP contribution in [0.25, 0.3) is 0 Å². The Morgan fingerprint density at radius 2 is 1.70 bits per heavy atom. The number of ether oxygens (including phenoxy) is 1. The molecule has 0 aliphatic carbocycles. The zero-order valence-corrected chi connectivity index (χ0v) is 17.1. The molecule has 0 saturated carbocycles. The predicted octanol–water partition coefficient (Wildman–Crippen LogP) is 4.76. The smallest absolute Gasteiger partial charge is 0.408 e. The van der Waals surface area contributed by atoms with Crippen molar-refractivity contribution in [2.45, 2.75) is 51.9 Å². The summed E-state index contributed by atoms with van der Waals surface area (Å²) in [6.07, 6.45) is -1.37. The molecule has 27 heavy (non-hydrogen) atoms. The van der Waals surface area contributed by atoms with E-state index in [0.29, 0.717) is 21.8 Å². The van der Waals surface area contributed by atoms with Crippen molar-refractivity contribution in [2.24, 2.45) is 0 Å². The van der Waals surface area contributed by atoms with Gasteiger partial charge < -0.3 is 20.9 Å². The third kappa shape index (κ3) is 5.62. The van der Waals surface area contributed by atoms with Gasteiger partial charge in [-0.1, -0.05) is 35.9 Å². The molecule has 2 rings (SSSR count). The van der Waals surface area contributed by atoms with Crippen LogP contribution in [0.15, 0.2) is 42.5 Å². The minimum absolute atomic E-state index is 0.475. The average molecular weight is 391 g/mol. The van der Waals surface area contributed by atoms with Gasteiger partial charge in [-0.15, -0.1) is 0 Å². The Bertz CT molecular complexity index is 811. The van der Waals surface area contributed by atoms with Gasteiger partial charge in [0, 0.05) is 16.3 Å². The lowest BCUT2D eigenvalue weighted by Gasteiger charge is -2.29. The number of benzene rings is 2. The summed E-state index contributed by atoms with van der Waals surface area (Å²) < 4.78 is 5.32. The predicted molar refractivity (Wildman–Crippen MR) is 109 cm³/mol. The first-order valence-electron chi connectivity index (χ1n) is 8.73. The van der Waals surface area contributed by atoms with Crippen molar-refractivity contribution < 1.29 is 14.6 Å². The highest BCUT2D eigenvalue weighted by molar-refractivity contribution is 6.30. The highest BCUT2D eigenvalue weighted by atomic mass is 35.5. The maximum Gasteiger partial charge on any atom is 0.408 e. The Morgan fingerprint density at radius 3 is 2.26 bits per heavy atom. The summed E-state index contributed by atoms with van der Waals surface area (Å²) >= 11 is 6.01. The molecule has 1 amide bonds. The maximum absolute atomic E-state index is 12.1. The van der Waals surface area contributed by atoms with Crippen LogP contribution < -0.4 is 11.1 Å². The van der Waals surface area contributed by atoms with E-state index in [2.05, 4.69) is 5.32 Å². The summed E-state index contributed by atoms with van der Waals surface area (Å²) in [5, 5.41) is 14.0. The number of alkyl carbamates (subject to hydrolysis) is 1. The van der Waals surface area contributed by atoms with Gasteiger partial charge in [0.2, 0.25) is 0 Å². The zero-order valence-electron chi connectivity index (χ0n) is 16.3. The summed E-state index contributed by atoms with van der Waals surface area (Å²) in [6, 6.07) is 12.3. The molecule has 0 spiro atoms. The molecule has 0 aliphatic heterocycles. The number of nitrogen functional groups attached to an aromatic ring is 1. The van der Waals surface area contributed by atoms with Crippen molar-refractivity contribution in [3.05, 3.63) is 64.2 Å². The molecule has 4 N–H and O–H groups in total. The topological polar surface area (TPSA) is 84.6 Å². The average Bonchev–Trinajstić information content (AvgIpc) is 2.54. The molecule has 0 heterocycles. The van der Waals surface area contributed by atoms with E-state index in [-0.39, 0.29) is 0 Å². The number of aliphatic hydroxyl groups excluding tert-OH is 1. The fourth-order valence-corrected chi connectivity index (χ4v) is 2.86. The summed E-state index contributed by atoms with van der Waals surface area (Å²) in [7, 11) is 0. The number of anilines is 1. The van der Waals surface area contributed by atoms with Gasteiger partial charge in [0.05, 0.1) is 5.54 Å². The molecule has 0 bridgehead atoms. The number of aliphatic hydroxyl groups is 1. The first kappa shape index (κ1) is 21.1. The monoisotopic (exact) mass is 390 g/mol. The number of carbonyl (C=O) groups is 1. The van der Waals surface area contributed by atoms with E-state index < -0.39 is 23.3 Å². The van der Waals surface area contributed by atoms with Gasteiger partial charge in [0.15, 0.2) is 0 Å². The highest BCUT2D eigenvalue weighted by Gasteiger charge is 2.26. The quantitative estimate of drug-likeness (QED) is 0.657. The maximum atomic E-state index is 12.1. The SMILES string of the molecule is CC(C)(C)OC(=O)NC(C)(C)c1ccc(C(O)c2cc(Cl)ccc2N)cc1. The summed E-state index contributed by atoms with van der Waals surface area (Å²) in [5.74, 6) is 0. The lowest BCUT2D eigenvalue weighted by molar-refractivity contribution is 0.0470. The molecule has 1 unspecified atom stereocenters. The molecule has 0 radical (unpaired) electrons. The van der Waals surface area contributed by atoms with Gasteiger partial charge in [0.25, 0.3) is 0 Å². The first-order chi connectivity index (χ1) is 12.4. The van der Waals surface area contributed by atoms with Crippen molar-refractivity contribution in [2.75, 3.05) is 5.73 Å². The van der Waals surface area contributed by atoms with E-state index >= 15 is 0 Å². The van der Waals surface area contributed by atoms with E-state index in [1.165, 1.54) is 0 Å². The molecule has 0 saturated heterocycles. The second-order valence-corrected chi connectivity index (χ2v) is 8.49. The number of nitrogens with one attached hydrogen (secondary N) is 1. The van der Waals surface area contributed by atoms with Crippen molar-refractivity contribution >= 4 is 23.4 Å². The molecular formula is C21H27ClN2O3. The molecule has 2 aromatic carbocycles. The Balaban J connectivity index is 2.18. The fourth-order valence-electron chi connectivity index (χ4n) is 2.67. The molecule has 146 valence electrons. The number of hydrogen-bond donors (Lipinski definition) is 3. The van der Waals surface area contributed by atoms with Crippen LogP contribution in [0.2, 0.25) is 5.02 Å². The van der Waals surface area contributed by atoms with Crippen LogP contribution in [0.1, 0.15) is 57.4 Å². The molecule has 5 nitrogen and oxygen atoms in total. The van der Waals surface area contributed by atoms with Crippen molar-refractivity contribution in [1.29, 1.82) is 0 Å². The molecule has 6 heteroatoms. The number of carbonyl (C=O) groups excluding carboxylic acids is 1. The van der Waals surface area contributed by atoms with Crippen LogP contribution in [-0.4, -0.2) is 16.8 Å². The van der Waals surface area contributed by atoms with E-state index in [1.54, 1.807) is 30.3 Å². The lowest BCUT2D eigenvalue weighted by atomic mass is 9.91. The van der Waals surface area contributed by atoms with Crippen LogP contribution in [0, 0.1) is 0 Å². The number of rotatable bonds is 4. The largest absolute Gasteiger partial charge is 0.444 e. The molecule has 0 aromatic heterocycles. The Morgan fingerprint density at radius 1 is 1.11 bits per heavy atom. The Hall–Kier alpha value is -2.24. The fraction of sp³-hybridized carbons (Fsp3) is 0.381. The zero-order chi connectivity index (χ0) is 20.4. The number of nitrogens with two attached hydrogens (primary N) is 1. The van der Waals surface area contributed by atoms with E-state index in [4.69, 9.17) is 22.1 Å². The minimum atomic E-state index is -0.889. The Kier molecular flexibility index (Phi) is 6.07. The van der Waals surface area contributed by atoms with Gasteiger partial charge in [-0.2, -0.15) is 0 Å². The number of amides is 1. The van der Waals surface area contributed by atoms with Crippen LogP contribution >= 0.6 is 11.6 Å². The Labute approximate surface area is 165 Å². The van der Waals surface area contributed by atoms with Crippen LogP contribution in [-0.2, 0) is 10.3 Å². The van der Waals surface area contributed by atoms with Crippen LogP contribution in [0.4, 0.5) is 10.5 Å². The van der Waals surface area contributed by atoms with Gasteiger partial charge >= 0.3 is 6.09 Å². The normalized spacial score (nSPS) is 13.1. The van der Waals surface area contributed by atoms with Crippen molar-refractivity contribution in [3.63, 3.8) is 0 Å². The lowest BCUT2D eigenvalue weighted by Crippen LogP contribution is -2.43. The van der Waals surface area contributed by atoms with E-state index in [0.717, 1.165) is 5.56 Å². The van der Waals surface area contributed by atoms with Gasteiger partial charge in [-0.25, -0.2) is 4.79 Å². The second kappa shape index (κ2) is 7.79. The van der Waals surface area contributed by atoms with Gasteiger partial charge in [-0.05, 0) is 63.9 Å². The van der Waals surface area contributed by atoms with Crippen LogP contribution in [0.5, 0.6) is 0 Å². The molecule has 1 atom stereocenters.